The van der Waals surface area contributed by atoms with Gasteiger partial charge in [-0.25, -0.2) is 0 Å². The predicted molar refractivity (Wildman–Crippen MR) is 61.6 cm³/mol. The second-order valence-corrected chi connectivity index (χ2v) is 5.37. The number of rotatable bonds is 5. The molecule has 15 heavy (non-hydrogen) atoms. The topological polar surface area (TPSA) is 37.3 Å². The summed E-state index contributed by atoms with van der Waals surface area (Å²) < 4.78 is 0. The molecule has 0 radical (unpaired) electrons. The van der Waals surface area contributed by atoms with Gasteiger partial charge in [-0.3, -0.25) is 0 Å². The lowest BCUT2D eigenvalue weighted by molar-refractivity contribution is -0.116. The molecular weight excluding hydrogens is 188 g/mol. The highest BCUT2D eigenvalue weighted by molar-refractivity contribution is 5.54. The highest BCUT2D eigenvalue weighted by Crippen LogP contribution is 2.31. The first-order valence-corrected chi connectivity index (χ1v) is 6.26. The third-order valence-electron chi connectivity index (χ3n) is 3.54. The summed E-state index contributed by atoms with van der Waals surface area (Å²) in [6.45, 7) is 4.50. The van der Waals surface area contributed by atoms with E-state index in [1.165, 1.54) is 19.3 Å². The van der Waals surface area contributed by atoms with Gasteiger partial charge in [-0.05, 0) is 31.1 Å². The van der Waals surface area contributed by atoms with Crippen molar-refractivity contribution in [1.29, 1.82) is 0 Å². The fraction of sp³-hybridized carbons (Fsp3) is 0.923. The number of aliphatic hydroxyl groups excluding tert-OH is 1. The molecule has 1 fully saturated rings. The van der Waals surface area contributed by atoms with E-state index in [4.69, 9.17) is 0 Å². The van der Waals surface area contributed by atoms with Crippen LogP contribution in [0.1, 0.15) is 52.4 Å². The quantitative estimate of drug-likeness (QED) is 0.711. The summed E-state index contributed by atoms with van der Waals surface area (Å²) in [7, 11) is 0. The molecule has 2 heteroatoms. The van der Waals surface area contributed by atoms with Crippen LogP contribution in [0.5, 0.6) is 0 Å². The first kappa shape index (κ1) is 12.7. The molecular formula is C13H24O2. The second kappa shape index (κ2) is 6.26. The van der Waals surface area contributed by atoms with E-state index in [1.54, 1.807) is 0 Å². The highest BCUT2D eigenvalue weighted by atomic mass is 16.3. The summed E-state index contributed by atoms with van der Waals surface area (Å²) >= 11 is 0. The predicted octanol–water partition coefficient (Wildman–Crippen LogP) is 2.79. The number of aldehydes is 1. The summed E-state index contributed by atoms with van der Waals surface area (Å²) in [6, 6.07) is 0. The van der Waals surface area contributed by atoms with Crippen molar-refractivity contribution in [2.75, 3.05) is 0 Å². The zero-order valence-electron chi connectivity index (χ0n) is 9.98. The average Bonchev–Trinajstić information content (AvgIpc) is 2.20. The van der Waals surface area contributed by atoms with Crippen LogP contribution >= 0.6 is 0 Å². The van der Waals surface area contributed by atoms with Gasteiger partial charge >= 0.3 is 0 Å². The zero-order chi connectivity index (χ0) is 11.3. The van der Waals surface area contributed by atoms with Crippen LogP contribution in [0.2, 0.25) is 0 Å². The Kier molecular flexibility index (Phi) is 5.30. The molecule has 0 aromatic carbocycles. The fourth-order valence-electron chi connectivity index (χ4n) is 2.50. The van der Waals surface area contributed by atoms with E-state index in [9.17, 15) is 9.90 Å². The molecule has 0 aromatic rings. The number of hydrogen-bond acceptors (Lipinski definition) is 2. The van der Waals surface area contributed by atoms with Crippen LogP contribution in [0, 0.1) is 17.8 Å². The third-order valence-corrected chi connectivity index (χ3v) is 3.54. The van der Waals surface area contributed by atoms with E-state index in [0.717, 1.165) is 31.5 Å². The van der Waals surface area contributed by atoms with E-state index in [1.807, 2.05) is 0 Å². The molecule has 0 saturated heterocycles. The summed E-state index contributed by atoms with van der Waals surface area (Å²) in [5.41, 5.74) is 0. The van der Waals surface area contributed by atoms with Crippen molar-refractivity contribution in [3.8, 4) is 0 Å². The molecule has 0 amide bonds. The summed E-state index contributed by atoms with van der Waals surface area (Å²) in [4.78, 5) is 10.7. The molecule has 88 valence electrons. The maximum atomic E-state index is 10.7. The first-order valence-electron chi connectivity index (χ1n) is 6.26. The minimum Gasteiger partial charge on any atom is -0.392 e. The van der Waals surface area contributed by atoms with E-state index in [2.05, 4.69) is 13.8 Å². The molecule has 3 unspecified atom stereocenters. The number of carbonyl (C=O) groups is 1. The maximum absolute atomic E-state index is 10.7. The first-order chi connectivity index (χ1) is 7.13. The Labute approximate surface area is 93.1 Å². The molecule has 1 N–H and O–H groups in total. The summed E-state index contributed by atoms with van der Waals surface area (Å²) in [5.74, 6) is 1.35. The lowest BCUT2D eigenvalue weighted by Crippen LogP contribution is -2.30. The van der Waals surface area contributed by atoms with E-state index >= 15 is 0 Å². The van der Waals surface area contributed by atoms with Gasteiger partial charge in [0.05, 0.1) is 6.10 Å². The molecule has 1 aliphatic carbocycles. The molecule has 3 atom stereocenters. The average molecular weight is 212 g/mol. The van der Waals surface area contributed by atoms with Gasteiger partial charge in [-0.15, -0.1) is 0 Å². The van der Waals surface area contributed by atoms with Gasteiger partial charge in [-0.2, -0.15) is 0 Å². The van der Waals surface area contributed by atoms with Crippen molar-refractivity contribution in [2.24, 2.45) is 17.8 Å². The number of hydrogen-bond donors (Lipinski definition) is 1. The molecule has 0 heterocycles. The van der Waals surface area contributed by atoms with Gasteiger partial charge < -0.3 is 9.90 Å². The maximum Gasteiger partial charge on any atom is 0.125 e. The zero-order valence-corrected chi connectivity index (χ0v) is 9.98. The smallest absolute Gasteiger partial charge is 0.125 e. The van der Waals surface area contributed by atoms with E-state index < -0.39 is 0 Å². The molecule has 2 nitrogen and oxygen atoms in total. The van der Waals surface area contributed by atoms with Crippen LogP contribution in [0.3, 0.4) is 0 Å². The summed E-state index contributed by atoms with van der Waals surface area (Å²) in [5, 5.41) is 9.57. The van der Waals surface area contributed by atoms with Gasteiger partial charge in [0.25, 0.3) is 0 Å². The van der Waals surface area contributed by atoms with E-state index in [0.29, 0.717) is 5.92 Å². The Morgan fingerprint density at radius 3 is 2.73 bits per heavy atom. The second-order valence-electron chi connectivity index (χ2n) is 5.37. The van der Waals surface area contributed by atoms with Crippen LogP contribution in [0.4, 0.5) is 0 Å². The third kappa shape index (κ3) is 4.33. The number of aliphatic hydroxyl groups is 1. The van der Waals surface area contributed by atoms with Gasteiger partial charge in [0, 0.05) is 5.92 Å². The van der Waals surface area contributed by atoms with Crippen LogP contribution in [0.15, 0.2) is 0 Å². The van der Waals surface area contributed by atoms with Crippen molar-refractivity contribution in [2.45, 2.75) is 58.5 Å². The van der Waals surface area contributed by atoms with Crippen LogP contribution in [0.25, 0.3) is 0 Å². The molecule has 0 aromatic heterocycles. The fourth-order valence-corrected chi connectivity index (χ4v) is 2.50. The van der Waals surface area contributed by atoms with Crippen molar-refractivity contribution >= 4 is 6.29 Å². The molecule has 0 aliphatic heterocycles. The molecule has 0 bridgehead atoms. The standard InChI is InChI=1S/C13H24O2/c1-10(2)4-3-5-11-6-7-13(15)12(8-11)9-14/h9-13,15H,3-8H2,1-2H3. The molecule has 1 saturated carbocycles. The summed E-state index contributed by atoms with van der Waals surface area (Å²) in [6.07, 6.45) is 7.18. The van der Waals surface area contributed by atoms with Gasteiger partial charge in [-0.1, -0.05) is 33.1 Å². The van der Waals surface area contributed by atoms with Crippen molar-refractivity contribution in [1.82, 2.24) is 0 Å². The minimum atomic E-state index is -0.371. The number of carbonyl (C=O) groups excluding carboxylic acids is 1. The van der Waals surface area contributed by atoms with Gasteiger partial charge in [0.15, 0.2) is 0 Å². The lowest BCUT2D eigenvalue weighted by Gasteiger charge is -2.30. The molecule has 0 spiro atoms. The van der Waals surface area contributed by atoms with Crippen molar-refractivity contribution < 1.29 is 9.90 Å². The van der Waals surface area contributed by atoms with Crippen molar-refractivity contribution in [3.05, 3.63) is 0 Å². The van der Waals surface area contributed by atoms with Crippen LogP contribution < -0.4 is 0 Å². The molecule has 1 rings (SSSR count). The van der Waals surface area contributed by atoms with Gasteiger partial charge in [0.2, 0.25) is 0 Å². The Balaban J connectivity index is 2.23. The monoisotopic (exact) mass is 212 g/mol. The molecule has 1 aliphatic rings. The van der Waals surface area contributed by atoms with Gasteiger partial charge in [0.1, 0.15) is 6.29 Å². The minimum absolute atomic E-state index is 0.0946. The highest BCUT2D eigenvalue weighted by Gasteiger charge is 2.28. The lowest BCUT2D eigenvalue weighted by atomic mass is 9.78. The Morgan fingerprint density at radius 1 is 1.40 bits per heavy atom. The van der Waals surface area contributed by atoms with Crippen LogP contribution in [-0.2, 0) is 4.79 Å². The van der Waals surface area contributed by atoms with Crippen LogP contribution in [-0.4, -0.2) is 17.5 Å². The Hall–Kier alpha value is -0.370. The Morgan fingerprint density at radius 2 is 2.13 bits per heavy atom. The SMILES string of the molecule is CC(C)CCCC1CCC(O)C(C=O)C1. The Bertz CT molecular complexity index is 189. The van der Waals surface area contributed by atoms with Crippen molar-refractivity contribution in [3.63, 3.8) is 0 Å². The normalized spacial score (nSPS) is 31.9. The van der Waals surface area contributed by atoms with E-state index in [-0.39, 0.29) is 12.0 Å². The largest absolute Gasteiger partial charge is 0.392 e.